The summed E-state index contributed by atoms with van der Waals surface area (Å²) in [6.07, 6.45) is 0. The quantitative estimate of drug-likeness (QED) is 0.699. The predicted octanol–water partition coefficient (Wildman–Crippen LogP) is 1.88. The van der Waals surface area contributed by atoms with Crippen molar-refractivity contribution < 1.29 is 8.78 Å². The summed E-state index contributed by atoms with van der Waals surface area (Å²) in [6, 6.07) is 4.02. The normalized spacial score (nSPS) is 18.2. The molecule has 1 aromatic rings. The Hall–Kier alpha value is -1.16. The third kappa shape index (κ3) is 2.26. The zero-order valence-electron chi connectivity index (χ0n) is 8.42. The van der Waals surface area contributed by atoms with Gasteiger partial charge in [-0.1, -0.05) is 0 Å². The summed E-state index contributed by atoms with van der Waals surface area (Å²) >= 11 is 0. The molecule has 1 aromatic carbocycles. The number of nitrogens with zero attached hydrogens (tertiary/aromatic N) is 2. The lowest BCUT2D eigenvalue weighted by atomic mass is 10.2. The van der Waals surface area contributed by atoms with Crippen LogP contribution < -0.4 is 4.90 Å². The molecule has 0 unspecified atom stereocenters. The van der Waals surface area contributed by atoms with Crippen LogP contribution in [0.1, 0.15) is 0 Å². The van der Waals surface area contributed by atoms with Gasteiger partial charge in [0, 0.05) is 45.0 Å². The molecule has 1 heterocycles. The van der Waals surface area contributed by atoms with Gasteiger partial charge in [0.1, 0.15) is 0 Å². The van der Waals surface area contributed by atoms with Crippen LogP contribution in [0.15, 0.2) is 18.2 Å². The summed E-state index contributed by atoms with van der Waals surface area (Å²) in [5.74, 6) is -1.58. The number of piperazine rings is 1. The SMILES string of the molecule is [CH2]N1CCN(c2ccc(F)c(F)c2)CC1. The summed E-state index contributed by atoms with van der Waals surface area (Å²) in [5.41, 5.74) is 0.738. The molecule has 1 aliphatic heterocycles. The molecule has 2 rings (SSSR count). The summed E-state index contributed by atoms with van der Waals surface area (Å²) < 4.78 is 25.7. The van der Waals surface area contributed by atoms with Crippen LogP contribution in [0, 0.1) is 18.7 Å². The minimum atomic E-state index is -0.797. The van der Waals surface area contributed by atoms with Crippen LogP contribution in [0.5, 0.6) is 0 Å². The van der Waals surface area contributed by atoms with Crippen molar-refractivity contribution in [3.8, 4) is 0 Å². The molecule has 0 spiro atoms. The van der Waals surface area contributed by atoms with E-state index in [1.54, 1.807) is 6.07 Å². The zero-order valence-corrected chi connectivity index (χ0v) is 8.42. The molecule has 2 nitrogen and oxygen atoms in total. The second-order valence-corrected chi connectivity index (χ2v) is 3.70. The van der Waals surface area contributed by atoms with Gasteiger partial charge in [0.05, 0.1) is 0 Å². The van der Waals surface area contributed by atoms with Gasteiger partial charge in [-0.15, -0.1) is 0 Å². The van der Waals surface area contributed by atoms with E-state index < -0.39 is 11.6 Å². The lowest BCUT2D eigenvalue weighted by molar-refractivity contribution is 0.344. The molecule has 1 fully saturated rings. The van der Waals surface area contributed by atoms with Crippen molar-refractivity contribution in [2.24, 2.45) is 0 Å². The van der Waals surface area contributed by atoms with Gasteiger partial charge >= 0.3 is 0 Å². The summed E-state index contributed by atoms with van der Waals surface area (Å²) in [7, 11) is 3.83. The van der Waals surface area contributed by atoms with Gasteiger partial charge in [-0.3, -0.25) is 4.90 Å². The Kier molecular flexibility index (Phi) is 2.86. The van der Waals surface area contributed by atoms with Crippen LogP contribution in [0.3, 0.4) is 0 Å². The molecule has 1 saturated heterocycles. The van der Waals surface area contributed by atoms with E-state index in [9.17, 15) is 8.78 Å². The number of anilines is 1. The Labute approximate surface area is 88.1 Å². The average Bonchev–Trinajstić information content (AvgIpc) is 2.23. The molecule has 1 radical (unpaired) electrons. The molecule has 0 aliphatic carbocycles. The lowest BCUT2D eigenvalue weighted by Crippen LogP contribution is -2.43. The highest BCUT2D eigenvalue weighted by molar-refractivity contribution is 5.47. The molecule has 0 atom stereocenters. The van der Waals surface area contributed by atoms with E-state index in [1.807, 2.05) is 9.80 Å². The molecule has 4 heteroatoms. The maximum atomic E-state index is 13.0. The van der Waals surface area contributed by atoms with Gasteiger partial charge in [-0.25, -0.2) is 8.78 Å². The first-order valence-electron chi connectivity index (χ1n) is 4.92. The fourth-order valence-electron chi connectivity index (χ4n) is 1.69. The fraction of sp³-hybridized carbons (Fsp3) is 0.364. The number of rotatable bonds is 1. The first kappa shape index (κ1) is 10.4. The van der Waals surface area contributed by atoms with Gasteiger partial charge in [0.15, 0.2) is 11.6 Å². The van der Waals surface area contributed by atoms with Crippen LogP contribution >= 0.6 is 0 Å². The van der Waals surface area contributed by atoms with E-state index in [2.05, 4.69) is 7.05 Å². The van der Waals surface area contributed by atoms with E-state index in [-0.39, 0.29) is 0 Å². The van der Waals surface area contributed by atoms with Crippen molar-refractivity contribution in [3.05, 3.63) is 36.9 Å². The highest BCUT2D eigenvalue weighted by Gasteiger charge is 2.15. The number of halogens is 2. The van der Waals surface area contributed by atoms with Crippen LogP contribution in [0.2, 0.25) is 0 Å². The van der Waals surface area contributed by atoms with E-state index >= 15 is 0 Å². The largest absolute Gasteiger partial charge is 0.369 e. The number of hydrogen-bond donors (Lipinski definition) is 0. The Balaban J connectivity index is 2.12. The molecular weight excluding hydrogens is 198 g/mol. The van der Waals surface area contributed by atoms with Gasteiger partial charge < -0.3 is 4.90 Å². The van der Waals surface area contributed by atoms with Gasteiger partial charge in [0.25, 0.3) is 0 Å². The minimum Gasteiger partial charge on any atom is -0.369 e. The highest BCUT2D eigenvalue weighted by atomic mass is 19.2. The standard InChI is InChI=1S/C11H13F2N2/c1-14-4-6-15(7-5-14)9-2-3-10(12)11(13)8-9/h2-3,8H,1,4-7H2. The van der Waals surface area contributed by atoms with Crippen LogP contribution in [0.25, 0.3) is 0 Å². The molecule has 1 aliphatic rings. The molecular formula is C11H13F2N2. The van der Waals surface area contributed by atoms with Crippen molar-refractivity contribution in [1.82, 2.24) is 4.90 Å². The topological polar surface area (TPSA) is 6.48 Å². The van der Waals surface area contributed by atoms with Gasteiger partial charge in [0.2, 0.25) is 0 Å². The van der Waals surface area contributed by atoms with Crippen LogP contribution in [-0.2, 0) is 0 Å². The molecule has 0 aromatic heterocycles. The first-order chi connectivity index (χ1) is 7.16. The lowest BCUT2D eigenvalue weighted by Gasteiger charge is -2.33. The van der Waals surface area contributed by atoms with Gasteiger partial charge in [-0.05, 0) is 12.1 Å². The Morgan fingerprint density at radius 3 is 2.27 bits per heavy atom. The van der Waals surface area contributed by atoms with E-state index in [0.717, 1.165) is 31.9 Å². The number of hydrogen-bond acceptors (Lipinski definition) is 2. The number of benzene rings is 1. The van der Waals surface area contributed by atoms with Crippen molar-refractivity contribution >= 4 is 5.69 Å². The third-order valence-electron chi connectivity index (χ3n) is 2.64. The molecule has 0 bridgehead atoms. The van der Waals surface area contributed by atoms with E-state index in [4.69, 9.17) is 0 Å². The molecule has 15 heavy (non-hydrogen) atoms. The summed E-state index contributed by atoms with van der Waals surface area (Å²) in [5, 5.41) is 0. The van der Waals surface area contributed by atoms with Crippen molar-refractivity contribution in [2.45, 2.75) is 0 Å². The molecule has 0 saturated carbocycles. The smallest absolute Gasteiger partial charge is 0.160 e. The highest BCUT2D eigenvalue weighted by Crippen LogP contribution is 2.19. The molecule has 0 amide bonds. The van der Waals surface area contributed by atoms with Crippen LogP contribution in [-0.4, -0.2) is 31.1 Å². The van der Waals surface area contributed by atoms with Crippen molar-refractivity contribution in [1.29, 1.82) is 0 Å². The zero-order chi connectivity index (χ0) is 10.8. The minimum absolute atomic E-state index is 0.738. The Morgan fingerprint density at radius 1 is 1.00 bits per heavy atom. The maximum Gasteiger partial charge on any atom is 0.160 e. The second-order valence-electron chi connectivity index (χ2n) is 3.70. The van der Waals surface area contributed by atoms with E-state index in [0.29, 0.717) is 0 Å². The van der Waals surface area contributed by atoms with Gasteiger partial charge in [-0.2, -0.15) is 0 Å². The Bertz CT molecular complexity index is 346. The average molecular weight is 211 g/mol. The maximum absolute atomic E-state index is 13.0. The predicted molar refractivity (Wildman–Crippen MR) is 55.5 cm³/mol. The first-order valence-corrected chi connectivity index (χ1v) is 4.92. The second kappa shape index (κ2) is 4.14. The third-order valence-corrected chi connectivity index (χ3v) is 2.64. The monoisotopic (exact) mass is 211 g/mol. The summed E-state index contributed by atoms with van der Waals surface area (Å²) in [6.45, 7) is 3.29. The van der Waals surface area contributed by atoms with Crippen molar-refractivity contribution in [3.63, 3.8) is 0 Å². The van der Waals surface area contributed by atoms with Crippen LogP contribution in [0.4, 0.5) is 14.5 Å². The molecule has 0 N–H and O–H groups in total. The Morgan fingerprint density at radius 2 is 1.67 bits per heavy atom. The van der Waals surface area contributed by atoms with Crippen molar-refractivity contribution in [2.75, 3.05) is 31.1 Å². The summed E-state index contributed by atoms with van der Waals surface area (Å²) in [4.78, 5) is 4.00. The molecule has 81 valence electrons. The fourth-order valence-corrected chi connectivity index (χ4v) is 1.69. The van der Waals surface area contributed by atoms with E-state index in [1.165, 1.54) is 12.1 Å².